The van der Waals surface area contributed by atoms with Crippen LogP contribution in [-0.2, 0) is 9.59 Å². The van der Waals surface area contributed by atoms with Crippen molar-refractivity contribution in [1.29, 1.82) is 0 Å². The van der Waals surface area contributed by atoms with Crippen molar-refractivity contribution in [2.45, 2.75) is 25.8 Å². The average Bonchev–Trinajstić information content (AvgIpc) is 2.97. The molecule has 146 valence electrons. The van der Waals surface area contributed by atoms with Crippen LogP contribution in [-0.4, -0.2) is 35.4 Å². The standard InChI is InChI=1S/C22H22ClNO4/c1-3-4-13-24-19(14-5-9-16(23)10-6-14)18(21(26)22(24)27)20(25)15-7-11-17(28-2)12-8-15/h5-12,19,25H,3-4,13H2,1-2H3/b20-18-. The van der Waals surface area contributed by atoms with E-state index in [2.05, 4.69) is 0 Å². The molecule has 5 nitrogen and oxygen atoms in total. The summed E-state index contributed by atoms with van der Waals surface area (Å²) in [5, 5.41) is 11.5. The maximum Gasteiger partial charge on any atom is 0.295 e. The number of hydrogen-bond acceptors (Lipinski definition) is 4. The van der Waals surface area contributed by atoms with Crippen LogP contribution in [0.25, 0.3) is 5.76 Å². The number of hydrogen-bond donors (Lipinski definition) is 1. The third-order valence-electron chi connectivity index (χ3n) is 4.84. The van der Waals surface area contributed by atoms with Crippen LogP contribution < -0.4 is 4.74 Å². The third kappa shape index (κ3) is 3.76. The number of carbonyl (C=O) groups is 2. The Bertz CT molecular complexity index is 903. The summed E-state index contributed by atoms with van der Waals surface area (Å²) in [7, 11) is 1.55. The molecule has 1 aliphatic rings. The quantitative estimate of drug-likeness (QED) is 0.439. The molecule has 2 aromatic carbocycles. The van der Waals surface area contributed by atoms with Gasteiger partial charge in [0.15, 0.2) is 0 Å². The van der Waals surface area contributed by atoms with Gasteiger partial charge in [-0.3, -0.25) is 9.59 Å². The Hall–Kier alpha value is -2.79. The van der Waals surface area contributed by atoms with Gasteiger partial charge in [-0.1, -0.05) is 37.1 Å². The lowest BCUT2D eigenvalue weighted by Gasteiger charge is -2.25. The predicted molar refractivity (Wildman–Crippen MR) is 108 cm³/mol. The number of amides is 1. The van der Waals surface area contributed by atoms with E-state index in [4.69, 9.17) is 16.3 Å². The Labute approximate surface area is 169 Å². The molecule has 0 bridgehead atoms. The topological polar surface area (TPSA) is 66.8 Å². The number of likely N-dealkylation sites (tertiary alicyclic amines) is 1. The number of unbranched alkanes of at least 4 members (excludes halogenated alkanes) is 1. The Morgan fingerprint density at radius 2 is 1.75 bits per heavy atom. The third-order valence-corrected chi connectivity index (χ3v) is 5.09. The lowest BCUT2D eigenvalue weighted by atomic mass is 9.95. The summed E-state index contributed by atoms with van der Waals surface area (Å²) in [4.78, 5) is 27.0. The second kappa shape index (κ2) is 8.48. The van der Waals surface area contributed by atoms with Crippen LogP contribution in [0.2, 0.25) is 5.02 Å². The van der Waals surface area contributed by atoms with Crippen molar-refractivity contribution in [1.82, 2.24) is 4.90 Å². The number of carbonyl (C=O) groups excluding carboxylic acids is 2. The molecule has 28 heavy (non-hydrogen) atoms. The van der Waals surface area contributed by atoms with Crippen molar-refractivity contribution >= 4 is 29.1 Å². The highest BCUT2D eigenvalue weighted by molar-refractivity contribution is 6.46. The van der Waals surface area contributed by atoms with E-state index in [1.165, 1.54) is 4.90 Å². The normalized spacial score (nSPS) is 18.5. The van der Waals surface area contributed by atoms with E-state index in [1.54, 1.807) is 55.6 Å². The molecule has 0 aromatic heterocycles. The van der Waals surface area contributed by atoms with E-state index in [1.807, 2.05) is 6.92 Å². The van der Waals surface area contributed by atoms with Crippen molar-refractivity contribution in [2.24, 2.45) is 0 Å². The van der Waals surface area contributed by atoms with Crippen molar-refractivity contribution in [2.75, 3.05) is 13.7 Å². The van der Waals surface area contributed by atoms with Crippen molar-refractivity contribution < 1.29 is 19.4 Å². The van der Waals surface area contributed by atoms with Gasteiger partial charge in [-0.2, -0.15) is 0 Å². The lowest BCUT2D eigenvalue weighted by molar-refractivity contribution is -0.139. The maximum absolute atomic E-state index is 12.8. The minimum absolute atomic E-state index is 0.0913. The second-order valence-electron chi connectivity index (χ2n) is 6.63. The number of aliphatic hydroxyl groups is 1. The number of rotatable bonds is 6. The molecule has 1 N–H and O–H groups in total. The molecule has 0 spiro atoms. The van der Waals surface area contributed by atoms with Gasteiger partial charge in [-0.05, 0) is 48.4 Å². The summed E-state index contributed by atoms with van der Waals surface area (Å²) in [6, 6.07) is 13.0. The molecule has 1 heterocycles. The summed E-state index contributed by atoms with van der Waals surface area (Å²) < 4.78 is 5.14. The first-order valence-electron chi connectivity index (χ1n) is 9.16. The molecule has 1 fully saturated rings. The van der Waals surface area contributed by atoms with Crippen LogP contribution in [0.4, 0.5) is 0 Å². The zero-order valence-corrected chi connectivity index (χ0v) is 16.6. The van der Waals surface area contributed by atoms with Crippen molar-refractivity contribution in [3.63, 3.8) is 0 Å². The van der Waals surface area contributed by atoms with Crippen LogP contribution in [0, 0.1) is 0 Å². The number of ketones is 1. The molecule has 1 atom stereocenters. The number of aliphatic hydroxyl groups excluding tert-OH is 1. The monoisotopic (exact) mass is 399 g/mol. The molecule has 0 aliphatic carbocycles. The molecule has 0 radical (unpaired) electrons. The number of ether oxygens (including phenoxy) is 1. The minimum atomic E-state index is -0.677. The highest BCUT2D eigenvalue weighted by atomic mass is 35.5. The summed E-state index contributed by atoms with van der Waals surface area (Å²) in [5.41, 5.74) is 1.27. The fraction of sp³-hybridized carbons (Fsp3) is 0.273. The largest absolute Gasteiger partial charge is 0.507 e. The van der Waals surface area contributed by atoms with Crippen LogP contribution in [0.15, 0.2) is 54.1 Å². The number of methoxy groups -OCH3 is 1. The van der Waals surface area contributed by atoms with Gasteiger partial charge in [0.1, 0.15) is 11.5 Å². The molecular weight excluding hydrogens is 378 g/mol. The molecule has 1 aliphatic heterocycles. The second-order valence-corrected chi connectivity index (χ2v) is 7.06. The summed E-state index contributed by atoms with van der Waals surface area (Å²) in [5.74, 6) is -0.831. The van der Waals surface area contributed by atoms with Crippen LogP contribution in [0.5, 0.6) is 5.75 Å². The first-order valence-corrected chi connectivity index (χ1v) is 9.54. The first kappa shape index (κ1) is 20.0. The van der Waals surface area contributed by atoms with E-state index in [0.29, 0.717) is 22.9 Å². The fourth-order valence-electron chi connectivity index (χ4n) is 3.34. The molecule has 1 amide bonds. The maximum atomic E-state index is 12.8. The summed E-state index contributed by atoms with van der Waals surface area (Å²) in [6.07, 6.45) is 1.65. The van der Waals surface area contributed by atoms with Crippen molar-refractivity contribution in [3.8, 4) is 5.75 Å². The van der Waals surface area contributed by atoms with Gasteiger partial charge in [0.25, 0.3) is 11.7 Å². The van der Waals surface area contributed by atoms with Gasteiger partial charge >= 0.3 is 0 Å². The predicted octanol–water partition coefficient (Wildman–Crippen LogP) is 4.57. The van der Waals surface area contributed by atoms with Gasteiger partial charge in [0.05, 0.1) is 18.7 Å². The molecule has 0 saturated carbocycles. The number of benzene rings is 2. The molecule has 1 saturated heterocycles. The van der Waals surface area contributed by atoms with Gasteiger partial charge in [-0.15, -0.1) is 0 Å². The molecular formula is C22H22ClNO4. The zero-order valence-electron chi connectivity index (χ0n) is 15.8. The summed E-state index contributed by atoms with van der Waals surface area (Å²) in [6.45, 7) is 2.46. The van der Waals surface area contributed by atoms with Crippen molar-refractivity contribution in [3.05, 3.63) is 70.3 Å². The van der Waals surface area contributed by atoms with E-state index >= 15 is 0 Å². The van der Waals surface area contributed by atoms with E-state index < -0.39 is 17.7 Å². The SMILES string of the molecule is CCCCN1C(=O)C(=O)/C(=C(\O)c2ccc(OC)cc2)C1c1ccc(Cl)cc1. The highest BCUT2D eigenvalue weighted by Crippen LogP contribution is 2.39. The van der Waals surface area contributed by atoms with Crippen LogP contribution in [0.1, 0.15) is 36.9 Å². The molecule has 2 aromatic rings. The van der Waals surface area contributed by atoms with Gasteiger partial charge in [0, 0.05) is 17.1 Å². The number of halogens is 1. The highest BCUT2D eigenvalue weighted by Gasteiger charge is 2.45. The molecule has 1 unspecified atom stereocenters. The fourth-order valence-corrected chi connectivity index (χ4v) is 3.46. The smallest absolute Gasteiger partial charge is 0.295 e. The first-order chi connectivity index (χ1) is 13.5. The summed E-state index contributed by atoms with van der Waals surface area (Å²) >= 11 is 6.00. The lowest BCUT2D eigenvalue weighted by Crippen LogP contribution is -2.30. The average molecular weight is 400 g/mol. The van der Waals surface area contributed by atoms with Crippen LogP contribution in [0.3, 0.4) is 0 Å². The van der Waals surface area contributed by atoms with Crippen LogP contribution >= 0.6 is 11.6 Å². The van der Waals surface area contributed by atoms with E-state index in [-0.39, 0.29) is 11.3 Å². The zero-order chi connectivity index (χ0) is 20.3. The minimum Gasteiger partial charge on any atom is -0.507 e. The number of nitrogens with zero attached hydrogens (tertiary/aromatic N) is 1. The molecule has 3 rings (SSSR count). The van der Waals surface area contributed by atoms with Gasteiger partial charge < -0.3 is 14.7 Å². The Kier molecular flexibility index (Phi) is 6.05. The van der Waals surface area contributed by atoms with Gasteiger partial charge in [-0.25, -0.2) is 0 Å². The Morgan fingerprint density at radius 1 is 1.11 bits per heavy atom. The van der Waals surface area contributed by atoms with E-state index in [0.717, 1.165) is 18.4 Å². The van der Waals surface area contributed by atoms with E-state index in [9.17, 15) is 14.7 Å². The van der Waals surface area contributed by atoms with Gasteiger partial charge in [0.2, 0.25) is 0 Å². The number of Topliss-reactive ketones (excluding diaryl/α,β-unsaturated/α-hetero) is 1. The Balaban J connectivity index is 2.12. The Morgan fingerprint density at radius 3 is 2.32 bits per heavy atom. The molecule has 6 heteroatoms.